The van der Waals surface area contributed by atoms with Crippen molar-refractivity contribution in [1.29, 1.82) is 0 Å². The molecule has 0 saturated carbocycles. The molecule has 0 heterocycles. The lowest BCUT2D eigenvalue weighted by molar-refractivity contribution is 0.0508. The predicted octanol–water partition coefficient (Wildman–Crippen LogP) is 2.66. The summed E-state index contributed by atoms with van der Waals surface area (Å²) in [4.78, 5) is 0. The van der Waals surface area contributed by atoms with Gasteiger partial charge in [0.15, 0.2) is 0 Å². The van der Waals surface area contributed by atoms with Crippen LogP contribution in [-0.2, 0) is 5.11 Å². The molecule has 0 aliphatic carbocycles. The monoisotopic (exact) mass is 241 g/mol. The van der Waals surface area contributed by atoms with Gasteiger partial charge in [0.25, 0.3) is 0 Å². The molecule has 0 rings (SSSR count). The maximum Gasteiger partial charge on any atom is 0.107 e. The molecule has 2 heteroatoms. The Balaban J connectivity index is 3.58. The SMILES string of the molecule is CCC(I)C([O])C(C)C. The lowest BCUT2D eigenvalue weighted by Crippen LogP contribution is -2.23. The summed E-state index contributed by atoms with van der Waals surface area (Å²) >= 11 is 2.23. The molecular formula is C7H14IO. The fraction of sp³-hybridized carbons (Fsp3) is 1.00. The van der Waals surface area contributed by atoms with Crippen molar-refractivity contribution >= 4 is 22.6 Å². The van der Waals surface area contributed by atoms with Gasteiger partial charge in [-0.3, -0.25) is 0 Å². The molecular weight excluding hydrogens is 227 g/mol. The van der Waals surface area contributed by atoms with Crippen molar-refractivity contribution < 1.29 is 5.11 Å². The Labute approximate surface area is 71.0 Å². The maximum atomic E-state index is 11.1. The number of rotatable bonds is 3. The average Bonchev–Trinajstić information content (AvgIpc) is 1.84. The van der Waals surface area contributed by atoms with Crippen molar-refractivity contribution in [3.8, 4) is 0 Å². The number of hydrogen-bond donors (Lipinski definition) is 0. The van der Waals surface area contributed by atoms with Crippen LogP contribution in [0.3, 0.4) is 0 Å². The van der Waals surface area contributed by atoms with E-state index in [1.165, 1.54) is 0 Å². The van der Waals surface area contributed by atoms with E-state index in [2.05, 4.69) is 29.5 Å². The standard InChI is InChI=1S/C7H14IO/c1-4-6(8)7(9)5(2)3/h5-7H,4H2,1-3H3. The van der Waals surface area contributed by atoms with Crippen molar-refractivity contribution in [1.82, 2.24) is 0 Å². The largest absolute Gasteiger partial charge is 0.232 e. The second-order valence-electron chi connectivity index (χ2n) is 2.63. The molecule has 0 fully saturated rings. The molecule has 0 aliphatic rings. The zero-order valence-corrected chi connectivity index (χ0v) is 8.38. The van der Waals surface area contributed by atoms with E-state index in [9.17, 15) is 5.11 Å². The van der Waals surface area contributed by atoms with Crippen molar-refractivity contribution in [2.45, 2.75) is 37.2 Å². The third-order valence-electron chi connectivity index (χ3n) is 1.40. The Bertz CT molecular complexity index is 73.3. The summed E-state index contributed by atoms with van der Waals surface area (Å²) in [7, 11) is 0. The zero-order valence-electron chi connectivity index (χ0n) is 6.23. The Morgan fingerprint density at radius 2 is 1.89 bits per heavy atom. The van der Waals surface area contributed by atoms with Crippen LogP contribution in [0, 0.1) is 5.92 Å². The van der Waals surface area contributed by atoms with E-state index in [0.717, 1.165) is 6.42 Å². The lowest BCUT2D eigenvalue weighted by Gasteiger charge is -2.16. The van der Waals surface area contributed by atoms with Gasteiger partial charge in [-0.15, -0.1) is 0 Å². The van der Waals surface area contributed by atoms with Crippen LogP contribution in [0.25, 0.3) is 0 Å². The first kappa shape index (κ1) is 9.69. The number of alkyl halides is 1. The van der Waals surface area contributed by atoms with Gasteiger partial charge >= 0.3 is 0 Å². The van der Waals surface area contributed by atoms with Gasteiger partial charge in [0, 0.05) is 3.92 Å². The van der Waals surface area contributed by atoms with E-state index in [4.69, 9.17) is 0 Å². The average molecular weight is 241 g/mol. The van der Waals surface area contributed by atoms with Crippen molar-refractivity contribution in [3.63, 3.8) is 0 Å². The van der Waals surface area contributed by atoms with Crippen LogP contribution in [0.2, 0.25) is 0 Å². The normalized spacial score (nSPS) is 18.0. The first-order valence-corrected chi connectivity index (χ1v) is 4.64. The lowest BCUT2D eigenvalue weighted by atomic mass is 10.0. The quantitative estimate of drug-likeness (QED) is 0.534. The minimum atomic E-state index is -0.379. The number of hydrogen-bond acceptors (Lipinski definition) is 0. The highest BCUT2D eigenvalue weighted by Gasteiger charge is 2.18. The topological polar surface area (TPSA) is 19.9 Å². The fourth-order valence-corrected chi connectivity index (χ4v) is 1.48. The first-order valence-electron chi connectivity index (χ1n) is 3.39. The third kappa shape index (κ3) is 3.40. The Hall–Kier alpha value is 0.690. The van der Waals surface area contributed by atoms with E-state index in [1.807, 2.05) is 13.8 Å². The van der Waals surface area contributed by atoms with Gasteiger partial charge in [-0.25, -0.2) is 5.11 Å². The highest BCUT2D eigenvalue weighted by molar-refractivity contribution is 14.1. The summed E-state index contributed by atoms with van der Waals surface area (Å²) in [5.74, 6) is 0.284. The minimum Gasteiger partial charge on any atom is -0.232 e. The molecule has 2 atom stereocenters. The van der Waals surface area contributed by atoms with Crippen LogP contribution < -0.4 is 0 Å². The molecule has 1 radical (unpaired) electrons. The van der Waals surface area contributed by atoms with Gasteiger partial charge in [0.1, 0.15) is 6.10 Å². The van der Waals surface area contributed by atoms with Crippen LogP contribution in [0.4, 0.5) is 0 Å². The molecule has 0 spiro atoms. The minimum absolute atomic E-state index is 0.284. The van der Waals surface area contributed by atoms with E-state index in [-0.39, 0.29) is 12.0 Å². The van der Waals surface area contributed by atoms with Crippen LogP contribution in [-0.4, -0.2) is 10.0 Å². The summed E-state index contributed by atoms with van der Waals surface area (Å²) in [5.41, 5.74) is 0. The Morgan fingerprint density at radius 1 is 1.44 bits per heavy atom. The van der Waals surface area contributed by atoms with Crippen LogP contribution in [0.1, 0.15) is 27.2 Å². The molecule has 9 heavy (non-hydrogen) atoms. The van der Waals surface area contributed by atoms with Crippen LogP contribution in [0.15, 0.2) is 0 Å². The summed E-state index contributed by atoms with van der Waals surface area (Å²) < 4.78 is 0.308. The molecule has 0 aromatic rings. The fourth-order valence-electron chi connectivity index (χ4n) is 0.650. The van der Waals surface area contributed by atoms with Gasteiger partial charge < -0.3 is 0 Å². The Morgan fingerprint density at radius 3 is 2.00 bits per heavy atom. The molecule has 0 amide bonds. The van der Waals surface area contributed by atoms with Gasteiger partial charge in [-0.05, 0) is 12.3 Å². The third-order valence-corrected chi connectivity index (χ3v) is 2.99. The van der Waals surface area contributed by atoms with Gasteiger partial charge in [-0.2, -0.15) is 0 Å². The molecule has 0 aliphatic heterocycles. The summed E-state index contributed by atoms with van der Waals surface area (Å²) in [6, 6.07) is 0. The van der Waals surface area contributed by atoms with Crippen LogP contribution in [0.5, 0.6) is 0 Å². The van der Waals surface area contributed by atoms with E-state index in [1.54, 1.807) is 0 Å². The number of halogens is 1. The summed E-state index contributed by atoms with van der Waals surface area (Å²) in [5, 5.41) is 11.1. The van der Waals surface area contributed by atoms with Gasteiger partial charge in [0.05, 0.1) is 0 Å². The van der Waals surface area contributed by atoms with Gasteiger partial charge in [0.2, 0.25) is 0 Å². The van der Waals surface area contributed by atoms with Crippen LogP contribution >= 0.6 is 22.6 Å². The highest BCUT2D eigenvalue weighted by atomic mass is 127. The molecule has 0 saturated heterocycles. The molecule has 0 aromatic carbocycles. The maximum absolute atomic E-state index is 11.1. The Kier molecular flexibility index (Phi) is 4.84. The summed E-state index contributed by atoms with van der Waals surface area (Å²) in [6.07, 6.45) is 0.614. The van der Waals surface area contributed by atoms with Crippen molar-refractivity contribution in [2.75, 3.05) is 0 Å². The smallest absolute Gasteiger partial charge is 0.107 e. The molecule has 1 nitrogen and oxygen atoms in total. The van der Waals surface area contributed by atoms with E-state index < -0.39 is 0 Å². The predicted molar refractivity (Wildman–Crippen MR) is 47.4 cm³/mol. The highest BCUT2D eigenvalue weighted by Crippen LogP contribution is 2.17. The molecule has 0 aromatic heterocycles. The van der Waals surface area contributed by atoms with Crippen molar-refractivity contribution in [2.24, 2.45) is 5.92 Å². The molecule has 2 unspecified atom stereocenters. The van der Waals surface area contributed by atoms with E-state index in [0.29, 0.717) is 3.92 Å². The second-order valence-corrected chi connectivity index (χ2v) is 4.23. The van der Waals surface area contributed by atoms with Gasteiger partial charge in [-0.1, -0.05) is 43.4 Å². The van der Waals surface area contributed by atoms with E-state index >= 15 is 0 Å². The molecule has 55 valence electrons. The molecule has 0 bridgehead atoms. The zero-order chi connectivity index (χ0) is 7.44. The molecule has 0 N–H and O–H groups in total. The summed E-state index contributed by atoms with van der Waals surface area (Å²) in [6.45, 7) is 6.03. The van der Waals surface area contributed by atoms with Crippen molar-refractivity contribution in [3.05, 3.63) is 0 Å². The second kappa shape index (κ2) is 4.50. The first-order chi connectivity index (χ1) is 4.09.